The number of phenolic OH excluding ortho intramolecular Hbond substituents is 1. The van der Waals surface area contributed by atoms with E-state index in [1.54, 1.807) is 31.4 Å². The molecular formula is C24H18BrClN2O4. The summed E-state index contributed by atoms with van der Waals surface area (Å²) in [5.74, 6) is 0.925. The van der Waals surface area contributed by atoms with E-state index in [1.807, 2.05) is 24.3 Å². The molecule has 32 heavy (non-hydrogen) atoms. The zero-order valence-corrected chi connectivity index (χ0v) is 19.3. The van der Waals surface area contributed by atoms with Gasteiger partial charge >= 0.3 is 0 Å². The van der Waals surface area contributed by atoms with Gasteiger partial charge in [0.15, 0.2) is 11.5 Å². The Morgan fingerprint density at radius 3 is 2.75 bits per heavy atom. The molecule has 0 aliphatic carbocycles. The lowest BCUT2D eigenvalue weighted by Gasteiger charge is -2.27. The van der Waals surface area contributed by atoms with Gasteiger partial charge in [0, 0.05) is 16.7 Å². The molecule has 0 radical (unpaired) electrons. The van der Waals surface area contributed by atoms with Gasteiger partial charge in [-0.3, -0.25) is 0 Å². The minimum atomic E-state index is -0.503. The number of fused-ring (bicyclic) bond motifs is 1. The number of phenols is 1. The molecule has 3 aromatic rings. The molecule has 0 bridgehead atoms. The van der Waals surface area contributed by atoms with Gasteiger partial charge < -0.3 is 25.1 Å². The number of ether oxygens (including phenoxy) is 3. The maximum Gasteiger partial charge on any atom is 0.205 e. The Kier molecular flexibility index (Phi) is 6.17. The van der Waals surface area contributed by atoms with Gasteiger partial charge in [-0.1, -0.05) is 29.8 Å². The lowest BCUT2D eigenvalue weighted by atomic mass is 9.83. The van der Waals surface area contributed by atoms with Crippen LogP contribution in [-0.2, 0) is 6.61 Å². The van der Waals surface area contributed by atoms with E-state index in [9.17, 15) is 10.4 Å². The summed E-state index contributed by atoms with van der Waals surface area (Å²) in [5.41, 5.74) is 8.65. The molecule has 0 unspecified atom stereocenters. The molecule has 8 heteroatoms. The maximum absolute atomic E-state index is 9.83. The Bertz CT molecular complexity index is 1270. The van der Waals surface area contributed by atoms with Gasteiger partial charge in [0.1, 0.15) is 29.7 Å². The van der Waals surface area contributed by atoms with Crippen LogP contribution in [0.1, 0.15) is 22.6 Å². The van der Waals surface area contributed by atoms with E-state index in [0.29, 0.717) is 38.9 Å². The van der Waals surface area contributed by atoms with E-state index in [-0.39, 0.29) is 17.2 Å². The summed E-state index contributed by atoms with van der Waals surface area (Å²) >= 11 is 9.63. The fraction of sp³-hybridized carbons (Fsp3) is 0.125. The number of hydrogen-bond donors (Lipinski definition) is 2. The van der Waals surface area contributed by atoms with Gasteiger partial charge in [0.05, 0.1) is 17.5 Å². The Morgan fingerprint density at radius 2 is 2.03 bits per heavy atom. The standard InChI is InChI=1S/C24H18BrClN2O4/c1-30-21-9-14(8-19(25)23(21)31-12-13-3-2-4-15(26)7-13)22-17-6-5-16(29)10-20(17)32-24(28)18(22)11-27/h2-10,22,29H,12,28H2,1H3/t22-/m1/s1. The molecule has 1 aliphatic rings. The molecule has 162 valence electrons. The number of aromatic hydroxyl groups is 1. The first-order valence-corrected chi connectivity index (χ1v) is 10.7. The first-order valence-electron chi connectivity index (χ1n) is 9.56. The summed E-state index contributed by atoms with van der Waals surface area (Å²) in [6.07, 6.45) is 0. The molecule has 0 fully saturated rings. The van der Waals surface area contributed by atoms with Gasteiger partial charge in [0.25, 0.3) is 0 Å². The summed E-state index contributed by atoms with van der Waals surface area (Å²) in [5, 5.41) is 20.2. The van der Waals surface area contributed by atoms with Crippen LogP contribution in [0.25, 0.3) is 0 Å². The number of nitrogens with zero attached hydrogens (tertiary/aromatic N) is 1. The van der Waals surface area contributed by atoms with Crippen molar-refractivity contribution < 1.29 is 19.3 Å². The van der Waals surface area contributed by atoms with Crippen LogP contribution in [0.2, 0.25) is 5.02 Å². The Morgan fingerprint density at radius 1 is 1.22 bits per heavy atom. The zero-order chi connectivity index (χ0) is 22.8. The third-order valence-electron chi connectivity index (χ3n) is 5.06. The minimum Gasteiger partial charge on any atom is -0.508 e. The highest BCUT2D eigenvalue weighted by Gasteiger charge is 2.32. The number of nitrogens with two attached hydrogens (primary N) is 1. The van der Waals surface area contributed by atoms with Gasteiger partial charge in [-0.05, 0) is 57.4 Å². The largest absolute Gasteiger partial charge is 0.508 e. The van der Waals surface area contributed by atoms with Crippen LogP contribution < -0.4 is 19.9 Å². The lowest BCUT2D eigenvalue weighted by molar-refractivity contribution is 0.282. The molecule has 3 N–H and O–H groups in total. The lowest BCUT2D eigenvalue weighted by Crippen LogP contribution is -2.21. The van der Waals surface area contributed by atoms with Crippen molar-refractivity contribution in [2.45, 2.75) is 12.5 Å². The summed E-state index contributed by atoms with van der Waals surface area (Å²) in [4.78, 5) is 0. The summed E-state index contributed by atoms with van der Waals surface area (Å²) in [6, 6.07) is 17.9. The van der Waals surface area contributed by atoms with Crippen LogP contribution in [0.5, 0.6) is 23.0 Å². The molecule has 0 aromatic heterocycles. The van der Waals surface area contributed by atoms with Crippen LogP contribution in [0.15, 0.2) is 70.5 Å². The number of nitriles is 1. The fourth-order valence-corrected chi connectivity index (χ4v) is 4.40. The predicted molar refractivity (Wildman–Crippen MR) is 124 cm³/mol. The Hall–Kier alpha value is -3.34. The smallest absolute Gasteiger partial charge is 0.205 e. The van der Waals surface area contributed by atoms with Gasteiger partial charge in [-0.15, -0.1) is 0 Å². The number of allylic oxidation sites excluding steroid dienone is 1. The molecular weight excluding hydrogens is 496 g/mol. The Balaban J connectivity index is 1.75. The number of halogens is 2. The highest BCUT2D eigenvalue weighted by molar-refractivity contribution is 9.10. The van der Waals surface area contributed by atoms with Crippen molar-refractivity contribution in [3.63, 3.8) is 0 Å². The van der Waals surface area contributed by atoms with Crippen LogP contribution in [0.3, 0.4) is 0 Å². The first-order chi connectivity index (χ1) is 15.4. The predicted octanol–water partition coefficient (Wildman–Crippen LogP) is 5.61. The highest BCUT2D eigenvalue weighted by atomic mass is 79.9. The average Bonchev–Trinajstić information content (AvgIpc) is 2.76. The zero-order valence-electron chi connectivity index (χ0n) is 16.9. The second-order valence-electron chi connectivity index (χ2n) is 7.10. The molecule has 0 amide bonds. The third-order valence-corrected chi connectivity index (χ3v) is 5.88. The second kappa shape index (κ2) is 9.03. The molecule has 4 rings (SSSR count). The Labute approximate surface area is 198 Å². The van der Waals surface area contributed by atoms with E-state index in [0.717, 1.165) is 11.1 Å². The van der Waals surface area contributed by atoms with Crippen molar-refractivity contribution in [2.24, 2.45) is 5.73 Å². The van der Waals surface area contributed by atoms with Crippen LogP contribution in [-0.4, -0.2) is 12.2 Å². The van der Waals surface area contributed by atoms with Crippen molar-refractivity contribution in [1.29, 1.82) is 5.26 Å². The summed E-state index contributed by atoms with van der Waals surface area (Å²) in [7, 11) is 1.54. The molecule has 1 aliphatic heterocycles. The number of hydrogen-bond acceptors (Lipinski definition) is 6. The minimum absolute atomic E-state index is 0.00743. The second-order valence-corrected chi connectivity index (χ2v) is 8.39. The van der Waals surface area contributed by atoms with E-state index in [4.69, 9.17) is 31.5 Å². The summed E-state index contributed by atoms with van der Waals surface area (Å²) in [6.45, 7) is 0.296. The van der Waals surface area contributed by atoms with Crippen LogP contribution in [0, 0.1) is 11.3 Å². The number of benzene rings is 3. The SMILES string of the molecule is COc1cc([C@H]2C(C#N)=C(N)Oc3cc(O)ccc32)cc(Br)c1OCc1cccc(Cl)c1. The fourth-order valence-electron chi connectivity index (χ4n) is 3.62. The van der Waals surface area contributed by atoms with E-state index in [1.165, 1.54) is 6.07 Å². The van der Waals surface area contributed by atoms with Crippen LogP contribution in [0.4, 0.5) is 0 Å². The molecule has 0 saturated heterocycles. The molecule has 1 heterocycles. The molecule has 6 nitrogen and oxygen atoms in total. The topological polar surface area (TPSA) is 97.7 Å². The molecule has 3 aromatic carbocycles. The van der Waals surface area contributed by atoms with Crippen molar-refractivity contribution in [3.8, 4) is 29.1 Å². The maximum atomic E-state index is 9.83. The van der Waals surface area contributed by atoms with Gasteiger partial charge in [-0.2, -0.15) is 5.26 Å². The summed E-state index contributed by atoms with van der Waals surface area (Å²) < 4.78 is 17.8. The third kappa shape index (κ3) is 4.20. The van der Waals surface area contributed by atoms with Crippen molar-refractivity contribution in [2.75, 3.05) is 7.11 Å². The number of rotatable bonds is 5. The van der Waals surface area contributed by atoms with Crippen molar-refractivity contribution in [3.05, 3.63) is 92.2 Å². The van der Waals surface area contributed by atoms with E-state index < -0.39 is 5.92 Å². The van der Waals surface area contributed by atoms with Crippen molar-refractivity contribution in [1.82, 2.24) is 0 Å². The molecule has 0 saturated carbocycles. The molecule has 0 spiro atoms. The molecule has 1 atom stereocenters. The van der Waals surface area contributed by atoms with E-state index in [2.05, 4.69) is 22.0 Å². The highest BCUT2D eigenvalue weighted by Crippen LogP contribution is 2.47. The van der Waals surface area contributed by atoms with Gasteiger partial charge in [-0.25, -0.2) is 0 Å². The van der Waals surface area contributed by atoms with Crippen LogP contribution >= 0.6 is 27.5 Å². The normalized spacial score (nSPS) is 14.9. The number of methoxy groups -OCH3 is 1. The quantitative estimate of drug-likeness (QED) is 0.460. The van der Waals surface area contributed by atoms with Crippen molar-refractivity contribution >= 4 is 27.5 Å². The first kappa shape index (κ1) is 21.9. The average molecular weight is 514 g/mol. The van der Waals surface area contributed by atoms with E-state index >= 15 is 0 Å². The monoisotopic (exact) mass is 512 g/mol. The van der Waals surface area contributed by atoms with Gasteiger partial charge in [0.2, 0.25) is 5.88 Å².